The summed E-state index contributed by atoms with van der Waals surface area (Å²) in [4.78, 5) is 22.2. The Bertz CT molecular complexity index is 893. The third kappa shape index (κ3) is 5.11. The summed E-state index contributed by atoms with van der Waals surface area (Å²) in [5, 5.41) is 23.7. The van der Waals surface area contributed by atoms with Gasteiger partial charge in [-0.2, -0.15) is 10.4 Å². The number of aryl methyl sites for hydroxylation is 1. The lowest BCUT2D eigenvalue weighted by atomic mass is 10.1. The summed E-state index contributed by atoms with van der Waals surface area (Å²) in [6.45, 7) is 1.96. The molecule has 0 saturated heterocycles. The highest BCUT2D eigenvalue weighted by Crippen LogP contribution is 2.15. The number of nitrogens with zero attached hydrogens (tertiary/aromatic N) is 3. The molecule has 0 unspecified atom stereocenters. The molecular formula is C18H14N4O3. The van der Waals surface area contributed by atoms with Crippen molar-refractivity contribution in [3.8, 4) is 6.07 Å². The molecule has 2 aromatic carbocycles. The van der Waals surface area contributed by atoms with E-state index in [0.29, 0.717) is 5.56 Å². The molecule has 0 radical (unpaired) electrons. The van der Waals surface area contributed by atoms with E-state index in [1.807, 2.05) is 31.2 Å². The number of benzene rings is 2. The lowest BCUT2D eigenvalue weighted by Gasteiger charge is -1.99. The zero-order valence-electron chi connectivity index (χ0n) is 13.3. The fraction of sp³-hybridized carbons (Fsp3) is 0.0556. The molecule has 0 heterocycles. The minimum absolute atomic E-state index is 0.121. The van der Waals surface area contributed by atoms with Gasteiger partial charge in [0.1, 0.15) is 11.6 Å². The van der Waals surface area contributed by atoms with Crippen molar-refractivity contribution in [3.63, 3.8) is 0 Å². The van der Waals surface area contributed by atoms with Gasteiger partial charge < -0.3 is 0 Å². The molecule has 0 aliphatic heterocycles. The zero-order chi connectivity index (χ0) is 18.2. The van der Waals surface area contributed by atoms with E-state index in [1.54, 1.807) is 12.1 Å². The van der Waals surface area contributed by atoms with E-state index >= 15 is 0 Å². The fourth-order valence-corrected chi connectivity index (χ4v) is 1.92. The van der Waals surface area contributed by atoms with Gasteiger partial charge in [-0.05, 0) is 24.1 Å². The smallest absolute Gasteiger partial charge is 0.267 e. The number of amides is 1. The van der Waals surface area contributed by atoms with Crippen LogP contribution in [0.2, 0.25) is 0 Å². The molecule has 25 heavy (non-hydrogen) atoms. The molecule has 0 atom stereocenters. The van der Waals surface area contributed by atoms with Gasteiger partial charge >= 0.3 is 0 Å². The number of nitriles is 1. The molecule has 0 fully saturated rings. The maximum absolute atomic E-state index is 12.0. The van der Waals surface area contributed by atoms with Gasteiger partial charge in [0.05, 0.1) is 11.1 Å². The first-order chi connectivity index (χ1) is 12.0. The Morgan fingerprint density at radius 3 is 2.60 bits per heavy atom. The number of non-ortho nitro benzene ring substituents is 1. The van der Waals surface area contributed by atoms with Crippen molar-refractivity contribution in [3.05, 3.63) is 80.9 Å². The molecule has 124 valence electrons. The summed E-state index contributed by atoms with van der Waals surface area (Å²) in [6, 6.07) is 14.9. The molecule has 1 amide bonds. The molecule has 0 aromatic heterocycles. The maximum atomic E-state index is 12.0. The summed E-state index contributed by atoms with van der Waals surface area (Å²) in [6.07, 6.45) is 2.73. The van der Waals surface area contributed by atoms with E-state index in [0.717, 1.165) is 11.1 Å². The standard InChI is InChI=1S/C18H14N4O3/c1-13-5-7-14(8-6-13)12-20-21-18(23)16(11-19)9-15-3-2-4-17(10-15)22(24)25/h2-10,12H,1H3,(H,21,23). The minimum Gasteiger partial charge on any atom is -0.267 e. The first kappa shape index (κ1) is 17.6. The first-order valence-electron chi connectivity index (χ1n) is 7.26. The van der Waals surface area contributed by atoms with Crippen molar-refractivity contribution in [1.82, 2.24) is 5.43 Å². The van der Waals surface area contributed by atoms with Crippen molar-refractivity contribution in [2.75, 3.05) is 0 Å². The van der Waals surface area contributed by atoms with Crippen LogP contribution in [-0.4, -0.2) is 17.0 Å². The Kier molecular flexibility index (Phi) is 5.74. The van der Waals surface area contributed by atoms with Gasteiger partial charge in [0, 0.05) is 12.1 Å². The third-order valence-corrected chi connectivity index (χ3v) is 3.21. The number of carbonyl (C=O) groups excluding carboxylic acids is 1. The Balaban J connectivity index is 2.10. The molecule has 0 aliphatic rings. The average molecular weight is 334 g/mol. The number of nitro benzene ring substituents is 1. The van der Waals surface area contributed by atoms with Crippen LogP contribution in [0.4, 0.5) is 5.69 Å². The molecule has 7 nitrogen and oxygen atoms in total. The van der Waals surface area contributed by atoms with Gasteiger partial charge in [-0.3, -0.25) is 14.9 Å². The molecule has 1 N–H and O–H groups in total. The molecular weight excluding hydrogens is 320 g/mol. The van der Waals surface area contributed by atoms with Crippen molar-refractivity contribution in [2.24, 2.45) is 5.10 Å². The lowest BCUT2D eigenvalue weighted by Crippen LogP contribution is -2.19. The quantitative estimate of drug-likeness (QED) is 0.298. The van der Waals surface area contributed by atoms with Crippen LogP contribution in [0.25, 0.3) is 6.08 Å². The van der Waals surface area contributed by atoms with Crippen LogP contribution in [0.15, 0.2) is 59.2 Å². The van der Waals surface area contributed by atoms with Gasteiger partial charge in [-0.1, -0.05) is 42.0 Å². The van der Waals surface area contributed by atoms with Gasteiger partial charge in [0.15, 0.2) is 0 Å². The van der Waals surface area contributed by atoms with E-state index < -0.39 is 10.8 Å². The summed E-state index contributed by atoms with van der Waals surface area (Å²) in [5.41, 5.74) is 4.21. The van der Waals surface area contributed by atoms with Crippen molar-refractivity contribution in [2.45, 2.75) is 6.92 Å². The van der Waals surface area contributed by atoms with Gasteiger partial charge in [-0.15, -0.1) is 0 Å². The van der Waals surface area contributed by atoms with Crippen LogP contribution < -0.4 is 5.43 Å². The van der Waals surface area contributed by atoms with E-state index in [-0.39, 0.29) is 11.3 Å². The summed E-state index contributed by atoms with van der Waals surface area (Å²) < 4.78 is 0. The number of rotatable bonds is 5. The number of hydrogen-bond donors (Lipinski definition) is 1. The largest absolute Gasteiger partial charge is 0.282 e. The Hall–Kier alpha value is -3.79. The Labute approximate surface area is 144 Å². The minimum atomic E-state index is -0.697. The highest BCUT2D eigenvalue weighted by molar-refractivity contribution is 6.02. The SMILES string of the molecule is Cc1ccc(C=NNC(=O)C(C#N)=Cc2cccc([N+](=O)[O-])c2)cc1. The van der Waals surface area contributed by atoms with Gasteiger partial charge in [0.2, 0.25) is 0 Å². The van der Waals surface area contributed by atoms with E-state index in [9.17, 15) is 14.9 Å². The summed E-state index contributed by atoms with van der Waals surface area (Å²) in [5.74, 6) is -0.697. The van der Waals surface area contributed by atoms with Crippen LogP contribution in [0, 0.1) is 28.4 Å². The Morgan fingerprint density at radius 1 is 1.24 bits per heavy atom. The number of hydrazone groups is 1. The Morgan fingerprint density at radius 2 is 1.96 bits per heavy atom. The zero-order valence-corrected chi connectivity index (χ0v) is 13.3. The number of hydrogen-bond acceptors (Lipinski definition) is 5. The topological polar surface area (TPSA) is 108 Å². The van der Waals surface area contributed by atoms with E-state index in [2.05, 4.69) is 10.5 Å². The normalized spacial score (nSPS) is 11.1. The molecule has 2 rings (SSSR count). The average Bonchev–Trinajstić information content (AvgIpc) is 2.61. The highest BCUT2D eigenvalue weighted by atomic mass is 16.6. The molecule has 0 bridgehead atoms. The first-order valence-corrected chi connectivity index (χ1v) is 7.26. The summed E-state index contributed by atoms with van der Waals surface area (Å²) >= 11 is 0. The second-order valence-electron chi connectivity index (χ2n) is 5.13. The molecule has 0 aliphatic carbocycles. The van der Waals surface area contributed by atoms with Gasteiger partial charge in [-0.25, -0.2) is 5.43 Å². The molecule has 0 spiro atoms. The van der Waals surface area contributed by atoms with Crippen LogP contribution >= 0.6 is 0 Å². The van der Waals surface area contributed by atoms with Crippen LogP contribution in [0.5, 0.6) is 0 Å². The van der Waals surface area contributed by atoms with E-state index in [1.165, 1.54) is 30.5 Å². The van der Waals surface area contributed by atoms with Crippen molar-refractivity contribution >= 4 is 23.9 Å². The predicted octanol–water partition coefficient (Wildman–Crippen LogP) is 2.96. The van der Waals surface area contributed by atoms with Crippen molar-refractivity contribution in [1.29, 1.82) is 5.26 Å². The van der Waals surface area contributed by atoms with Crippen LogP contribution in [0.1, 0.15) is 16.7 Å². The molecule has 0 saturated carbocycles. The third-order valence-electron chi connectivity index (χ3n) is 3.21. The molecule has 2 aromatic rings. The second kappa shape index (κ2) is 8.17. The predicted molar refractivity (Wildman–Crippen MR) is 93.6 cm³/mol. The number of carbonyl (C=O) groups is 1. The second-order valence-corrected chi connectivity index (χ2v) is 5.13. The van der Waals surface area contributed by atoms with E-state index in [4.69, 9.17) is 5.26 Å². The highest BCUT2D eigenvalue weighted by Gasteiger charge is 2.10. The number of nitro groups is 1. The van der Waals surface area contributed by atoms with Crippen LogP contribution in [-0.2, 0) is 4.79 Å². The summed E-state index contributed by atoms with van der Waals surface area (Å²) in [7, 11) is 0. The maximum Gasteiger partial charge on any atom is 0.282 e. The van der Waals surface area contributed by atoms with Crippen LogP contribution in [0.3, 0.4) is 0 Å². The lowest BCUT2D eigenvalue weighted by molar-refractivity contribution is -0.384. The van der Waals surface area contributed by atoms with Crippen molar-refractivity contribution < 1.29 is 9.72 Å². The fourth-order valence-electron chi connectivity index (χ4n) is 1.92. The van der Waals surface area contributed by atoms with Gasteiger partial charge in [0.25, 0.3) is 11.6 Å². The number of nitrogens with one attached hydrogen (secondary N) is 1. The molecule has 7 heteroatoms. The monoisotopic (exact) mass is 334 g/mol.